The molecule has 4 nitrogen and oxygen atoms in total. The molecule has 2 N–H and O–H groups in total. The van der Waals surface area contributed by atoms with Gasteiger partial charge < -0.3 is 10.6 Å². The van der Waals surface area contributed by atoms with E-state index in [0.29, 0.717) is 23.4 Å². The molecule has 23 heavy (non-hydrogen) atoms. The molecule has 1 heterocycles. The van der Waals surface area contributed by atoms with Crippen molar-refractivity contribution in [1.82, 2.24) is 15.6 Å². The molecular formula is C15H25F3N4S. The van der Waals surface area contributed by atoms with Gasteiger partial charge in [-0.3, -0.25) is 0 Å². The lowest BCUT2D eigenvalue weighted by Gasteiger charge is -2.18. The zero-order chi connectivity index (χ0) is 17.5. The summed E-state index contributed by atoms with van der Waals surface area (Å²) < 4.78 is 37.6. The first-order chi connectivity index (χ1) is 10.7. The number of hydrogen-bond donors (Lipinski definition) is 2. The summed E-state index contributed by atoms with van der Waals surface area (Å²) in [7, 11) is 0. The Morgan fingerprint density at radius 3 is 2.52 bits per heavy atom. The second kappa shape index (κ2) is 9.10. The van der Waals surface area contributed by atoms with Gasteiger partial charge in [-0.15, -0.1) is 11.3 Å². The molecule has 0 fully saturated rings. The SMILES string of the molecule is CCNC(=NCc1nc(C(F)(F)F)cs1)NC(C)CCC(C)C. The minimum absolute atomic E-state index is 0.132. The average molecular weight is 350 g/mol. The van der Waals surface area contributed by atoms with E-state index in [-0.39, 0.29) is 12.6 Å². The molecule has 0 saturated heterocycles. The number of nitrogens with zero attached hydrogens (tertiary/aromatic N) is 2. The molecule has 1 aromatic heterocycles. The Bertz CT molecular complexity index is 497. The third kappa shape index (κ3) is 7.67. The van der Waals surface area contributed by atoms with E-state index in [1.165, 1.54) is 0 Å². The summed E-state index contributed by atoms with van der Waals surface area (Å²) in [6.07, 6.45) is -2.28. The van der Waals surface area contributed by atoms with Crippen molar-refractivity contribution in [1.29, 1.82) is 0 Å². The lowest BCUT2D eigenvalue weighted by Crippen LogP contribution is -2.42. The molecule has 0 saturated carbocycles. The largest absolute Gasteiger partial charge is 0.434 e. The van der Waals surface area contributed by atoms with E-state index in [2.05, 4.69) is 41.4 Å². The number of nitrogens with one attached hydrogen (secondary N) is 2. The number of aliphatic imine (C=N–C) groups is 1. The second-order valence-corrected chi connectivity index (χ2v) is 6.78. The van der Waals surface area contributed by atoms with E-state index in [9.17, 15) is 13.2 Å². The average Bonchev–Trinajstić information content (AvgIpc) is 2.92. The molecule has 0 aliphatic heterocycles. The van der Waals surface area contributed by atoms with Crippen molar-refractivity contribution in [3.63, 3.8) is 0 Å². The first-order valence-corrected chi connectivity index (χ1v) is 8.66. The summed E-state index contributed by atoms with van der Waals surface area (Å²) in [5.74, 6) is 1.24. The minimum Gasteiger partial charge on any atom is -0.357 e. The first kappa shape index (κ1) is 19.7. The van der Waals surface area contributed by atoms with Crippen LogP contribution in [0.4, 0.5) is 13.2 Å². The molecule has 8 heteroatoms. The van der Waals surface area contributed by atoms with Crippen LogP contribution >= 0.6 is 11.3 Å². The summed E-state index contributed by atoms with van der Waals surface area (Å²) in [6, 6.07) is 0.247. The van der Waals surface area contributed by atoms with Crippen molar-refractivity contribution in [3.8, 4) is 0 Å². The molecule has 0 bridgehead atoms. The van der Waals surface area contributed by atoms with Crippen molar-refractivity contribution in [3.05, 3.63) is 16.1 Å². The number of aromatic nitrogens is 1. The van der Waals surface area contributed by atoms with Gasteiger partial charge in [0.1, 0.15) is 5.01 Å². The Kier molecular flexibility index (Phi) is 7.81. The molecular weight excluding hydrogens is 325 g/mol. The molecule has 1 unspecified atom stereocenters. The van der Waals surface area contributed by atoms with Crippen molar-refractivity contribution in [2.24, 2.45) is 10.9 Å². The first-order valence-electron chi connectivity index (χ1n) is 7.78. The Labute approximate surface area is 139 Å². The van der Waals surface area contributed by atoms with Crippen LogP contribution in [0.5, 0.6) is 0 Å². The predicted octanol–water partition coefficient (Wildman–Crippen LogP) is 4.04. The monoisotopic (exact) mass is 350 g/mol. The Morgan fingerprint density at radius 2 is 2.00 bits per heavy atom. The Morgan fingerprint density at radius 1 is 1.30 bits per heavy atom. The lowest BCUT2D eigenvalue weighted by atomic mass is 10.0. The third-order valence-corrected chi connectivity index (χ3v) is 3.95. The maximum atomic E-state index is 12.5. The van der Waals surface area contributed by atoms with Gasteiger partial charge in [0.05, 0.1) is 6.54 Å². The molecule has 0 aliphatic carbocycles. The number of halogens is 3. The van der Waals surface area contributed by atoms with Gasteiger partial charge in [0.2, 0.25) is 0 Å². The molecule has 132 valence electrons. The molecule has 1 atom stereocenters. The quantitative estimate of drug-likeness (QED) is 0.576. The lowest BCUT2D eigenvalue weighted by molar-refractivity contribution is -0.140. The summed E-state index contributed by atoms with van der Waals surface area (Å²) >= 11 is 0.976. The van der Waals surface area contributed by atoms with Crippen LogP contribution in [0, 0.1) is 5.92 Å². The van der Waals surface area contributed by atoms with Gasteiger partial charge in [-0.25, -0.2) is 9.98 Å². The fourth-order valence-electron chi connectivity index (χ4n) is 1.87. The van der Waals surface area contributed by atoms with Crippen LogP contribution in [-0.2, 0) is 12.7 Å². The molecule has 1 aromatic rings. The van der Waals surface area contributed by atoms with Crippen LogP contribution < -0.4 is 10.6 Å². The summed E-state index contributed by atoms with van der Waals surface area (Å²) in [4.78, 5) is 7.90. The molecule has 0 spiro atoms. The van der Waals surface area contributed by atoms with Crippen LogP contribution in [0.2, 0.25) is 0 Å². The van der Waals surface area contributed by atoms with Gasteiger partial charge in [-0.05, 0) is 32.6 Å². The van der Waals surface area contributed by atoms with Gasteiger partial charge in [0, 0.05) is 18.0 Å². The zero-order valence-corrected chi connectivity index (χ0v) is 14.8. The summed E-state index contributed by atoms with van der Waals surface area (Å²) in [5, 5.41) is 7.75. The molecule has 0 aliphatic rings. The van der Waals surface area contributed by atoms with E-state index in [4.69, 9.17) is 0 Å². The molecule has 0 aromatic carbocycles. The maximum Gasteiger partial charge on any atom is 0.434 e. The van der Waals surface area contributed by atoms with Crippen LogP contribution in [0.15, 0.2) is 10.4 Å². The maximum absolute atomic E-state index is 12.5. The minimum atomic E-state index is -4.40. The van der Waals surface area contributed by atoms with Gasteiger partial charge in [-0.1, -0.05) is 13.8 Å². The highest BCUT2D eigenvalue weighted by Gasteiger charge is 2.33. The van der Waals surface area contributed by atoms with E-state index >= 15 is 0 Å². The highest BCUT2D eigenvalue weighted by molar-refractivity contribution is 7.09. The van der Waals surface area contributed by atoms with Gasteiger partial charge in [-0.2, -0.15) is 13.2 Å². The predicted molar refractivity (Wildman–Crippen MR) is 88.6 cm³/mol. The fourth-order valence-corrected chi connectivity index (χ4v) is 2.59. The van der Waals surface area contributed by atoms with Crippen molar-refractivity contribution >= 4 is 17.3 Å². The van der Waals surface area contributed by atoms with Crippen LogP contribution in [0.25, 0.3) is 0 Å². The van der Waals surface area contributed by atoms with E-state index in [0.717, 1.165) is 29.6 Å². The van der Waals surface area contributed by atoms with Crippen molar-refractivity contribution < 1.29 is 13.2 Å². The zero-order valence-electron chi connectivity index (χ0n) is 14.0. The highest BCUT2D eigenvalue weighted by Crippen LogP contribution is 2.30. The number of thiazole rings is 1. The summed E-state index contributed by atoms with van der Waals surface area (Å²) in [5.41, 5.74) is -0.851. The van der Waals surface area contributed by atoms with Crippen LogP contribution in [0.3, 0.4) is 0 Å². The Balaban J connectivity index is 2.62. The van der Waals surface area contributed by atoms with Gasteiger partial charge in [0.25, 0.3) is 0 Å². The highest BCUT2D eigenvalue weighted by atomic mass is 32.1. The normalized spacial score (nSPS) is 14.2. The van der Waals surface area contributed by atoms with Gasteiger partial charge >= 0.3 is 6.18 Å². The number of guanidine groups is 1. The fraction of sp³-hybridized carbons (Fsp3) is 0.733. The van der Waals surface area contributed by atoms with Crippen molar-refractivity contribution in [2.75, 3.05) is 6.54 Å². The van der Waals surface area contributed by atoms with E-state index in [1.807, 2.05) is 6.92 Å². The standard InChI is InChI=1S/C15H25F3N4S/c1-5-19-14(21-11(4)7-6-10(2)3)20-8-13-22-12(9-23-13)15(16,17)18/h9-11H,5-8H2,1-4H3,(H2,19,20,21). The number of rotatable bonds is 7. The third-order valence-electron chi connectivity index (χ3n) is 3.12. The topological polar surface area (TPSA) is 49.3 Å². The van der Waals surface area contributed by atoms with Gasteiger partial charge in [0.15, 0.2) is 11.7 Å². The number of alkyl halides is 3. The van der Waals surface area contributed by atoms with Crippen LogP contribution in [0.1, 0.15) is 51.2 Å². The smallest absolute Gasteiger partial charge is 0.357 e. The van der Waals surface area contributed by atoms with Crippen LogP contribution in [-0.4, -0.2) is 23.5 Å². The molecule has 0 amide bonds. The molecule has 0 radical (unpaired) electrons. The second-order valence-electron chi connectivity index (χ2n) is 5.84. The number of hydrogen-bond acceptors (Lipinski definition) is 3. The van der Waals surface area contributed by atoms with E-state index < -0.39 is 11.9 Å². The Hall–Kier alpha value is -1.31. The molecule has 1 rings (SSSR count). The summed E-state index contributed by atoms with van der Waals surface area (Å²) in [6.45, 7) is 9.18. The van der Waals surface area contributed by atoms with E-state index in [1.54, 1.807) is 0 Å². The van der Waals surface area contributed by atoms with Crippen molar-refractivity contribution in [2.45, 2.75) is 59.3 Å².